The van der Waals surface area contributed by atoms with E-state index in [1.807, 2.05) is 27.7 Å². The first-order chi connectivity index (χ1) is 8.12. The molecule has 1 nitrogen and oxygen atoms in total. The van der Waals surface area contributed by atoms with Gasteiger partial charge in [-0.2, -0.15) is 0 Å². The average Bonchev–Trinajstić information content (AvgIpc) is 2.21. The van der Waals surface area contributed by atoms with E-state index >= 15 is 0 Å². The molecule has 0 saturated heterocycles. The van der Waals surface area contributed by atoms with Gasteiger partial charge in [0.15, 0.2) is 11.6 Å². The van der Waals surface area contributed by atoms with Crippen molar-refractivity contribution in [3.05, 3.63) is 35.1 Å². The molecule has 2 unspecified atom stereocenters. The Labute approximate surface area is 106 Å². The molecular formula is C14H19F3O. The van der Waals surface area contributed by atoms with Crippen molar-refractivity contribution >= 4 is 0 Å². The minimum absolute atomic E-state index is 0.0456. The van der Waals surface area contributed by atoms with Crippen molar-refractivity contribution in [2.24, 2.45) is 11.3 Å². The molecule has 0 aliphatic heterocycles. The van der Waals surface area contributed by atoms with Crippen LogP contribution < -0.4 is 0 Å². The van der Waals surface area contributed by atoms with Gasteiger partial charge in [-0.05, 0) is 23.8 Å². The third-order valence-corrected chi connectivity index (χ3v) is 3.45. The van der Waals surface area contributed by atoms with E-state index < -0.39 is 23.6 Å². The van der Waals surface area contributed by atoms with Crippen LogP contribution in [0.4, 0.5) is 13.2 Å². The fraction of sp³-hybridized carbons (Fsp3) is 0.571. The summed E-state index contributed by atoms with van der Waals surface area (Å²) in [5.74, 6) is -3.19. The zero-order valence-electron chi connectivity index (χ0n) is 11.1. The molecule has 0 aliphatic rings. The lowest BCUT2D eigenvalue weighted by Crippen LogP contribution is -2.20. The summed E-state index contributed by atoms with van der Waals surface area (Å²) >= 11 is 0. The highest BCUT2D eigenvalue weighted by molar-refractivity contribution is 5.22. The molecule has 102 valence electrons. The zero-order chi connectivity index (χ0) is 14.1. The van der Waals surface area contributed by atoms with Crippen LogP contribution in [0.15, 0.2) is 12.1 Å². The maximum atomic E-state index is 13.5. The molecule has 1 N–H and O–H groups in total. The van der Waals surface area contributed by atoms with Gasteiger partial charge in [-0.1, -0.05) is 27.7 Å². The summed E-state index contributed by atoms with van der Waals surface area (Å²) in [5, 5.41) is 9.92. The van der Waals surface area contributed by atoms with Gasteiger partial charge in [-0.15, -0.1) is 0 Å². The molecule has 4 heteroatoms. The van der Waals surface area contributed by atoms with Crippen molar-refractivity contribution in [2.45, 2.75) is 40.2 Å². The molecule has 1 aromatic rings. The minimum atomic E-state index is -1.24. The predicted molar refractivity (Wildman–Crippen MR) is 64.5 cm³/mol. The normalized spacial score (nSPS) is 15.6. The molecule has 1 aromatic carbocycles. The van der Waals surface area contributed by atoms with Crippen LogP contribution in [0.5, 0.6) is 0 Å². The van der Waals surface area contributed by atoms with Crippen LogP contribution in [-0.4, -0.2) is 5.11 Å². The van der Waals surface area contributed by atoms with E-state index in [0.29, 0.717) is 12.5 Å². The molecule has 0 saturated carbocycles. The standard InChI is InChI=1S/C14H19F3O/c1-8(14(2,3)4)5-13(18)9-6-11(16)12(17)7-10(9)15/h6-8,13,18H,5H2,1-4H3. The van der Waals surface area contributed by atoms with Crippen LogP contribution in [0.25, 0.3) is 0 Å². The SMILES string of the molecule is CC(CC(O)c1cc(F)c(F)cc1F)C(C)(C)C. The van der Waals surface area contributed by atoms with Crippen molar-refractivity contribution in [2.75, 3.05) is 0 Å². The van der Waals surface area contributed by atoms with Gasteiger partial charge in [0.1, 0.15) is 5.82 Å². The summed E-state index contributed by atoms with van der Waals surface area (Å²) in [4.78, 5) is 0. The highest BCUT2D eigenvalue weighted by atomic mass is 19.2. The van der Waals surface area contributed by atoms with Crippen molar-refractivity contribution in [3.63, 3.8) is 0 Å². The van der Waals surface area contributed by atoms with E-state index in [-0.39, 0.29) is 16.9 Å². The Balaban J connectivity index is 2.91. The van der Waals surface area contributed by atoms with Gasteiger partial charge in [0.05, 0.1) is 6.10 Å². The molecule has 2 atom stereocenters. The number of halogens is 3. The van der Waals surface area contributed by atoms with E-state index in [1.165, 1.54) is 0 Å². The van der Waals surface area contributed by atoms with Crippen molar-refractivity contribution in [1.29, 1.82) is 0 Å². The summed E-state index contributed by atoms with van der Waals surface area (Å²) < 4.78 is 39.3. The monoisotopic (exact) mass is 260 g/mol. The lowest BCUT2D eigenvalue weighted by Gasteiger charge is -2.29. The molecule has 0 spiro atoms. The quantitative estimate of drug-likeness (QED) is 0.807. The third kappa shape index (κ3) is 3.48. The number of aliphatic hydroxyl groups is 1. The molecule has 0 heterocycles. The maximum absolute atomic E-state index is 13.5. The largest absolute Gasteiger partial charge is 0.388 e. The van der Waals surface area contributed by atoms with Gasteiger partial charge in [-0.3, -0.25) is 0 Å². The highest BCUT2D eigenvalue weighted by Gasteiger charge is 2.25. The molecule has 0 radical (unpaired) electrons. The Morgan fingerprint density at radius 2 is 1.56 bits per heavy atom. The summed E-state index contributed by atoms with van der Waals surface area (Å²) in [6.45, 7) is 7.95. The summed E-state index contributed by atoms with van der Waals surface area (Å²) in [6.07, 6.45) is -0.833. The van der Waals surface area contributed by atoms with Crippen LogP contribution in [-0.2, 0) is 0 Å². The zero-order valence-corrected chi connectivity index (χ0v) is 11.1. The fourth-order valence-electron chi connectivity index (χ4n) is 1.61. The molecule has 0 bridgehead atoms. The number of hydrogen-bond donors (Lipinski definition) is 1. The fourth-order valence-corrected chi connectivity index (χ4v) is 1.61. The molecule has 0 aromatic heterocycles. The topological polar surface area (TPSA) is 20.2 Å². The van der Waals surface area contributed by atoms with Crippen LogP contribution in [0.2, 0.25) is 0 Å². The van der Waals surface area contributed by atoms with Crippen LogP contribution in [0.3, 0.4) is 0 Å². The van der Waals surface area contributed by atoms with Crippen LogP contribution in [0, 0.1) is 28.8 Å². The first-order valence-corrected chi connectivity index (χ1v) is 5.95. The van der Waals surface area contributed by atoms with Crippen molar-refractivity contribution in [1.82, 2.24) is 0 Å². The van der Waals surface area contributed by atoms with Gasteiger partial charge in [-0.25, -0.2) is 13.2 Å². The number of aliphatic hydroxyl groups excluding tert-OH is 1. The van der Waals surface area contributed by atoms with Gasteiger partial charge in [0.25, 0.3) is 0 Å². The number of benzene rings is 1. The Bertz CT molecular complexity index is 424. The van der Waals surface area contributed by atoms with E-state index in [0.717, 1.165) is 6.07 Å². The third-order valence-electron chi connectivity index (χ3n) is 3.45. The molecule has 1 rings (SSSR count). The van der Waals surface area contributed by atoms with Crippen LogP contribution in [0.1, 0.15) is 45.8 Å². The summed E-state index contributed by atoms with van der Waals surface area (Å²) in [6, 6.07) is 1.19. The van der Waals surface area contributed by atoms with E-state index in [9.17, 15) is 18.3 Å². The maximum Gasteiger partial charge on any atom is 0.161 e. The minimum Gasteiger partial charge on any atom is -0.388 e. The lowest BCUT2D eigenvalue weighted by atomic mass is 9.78. The van der Waals surface area contributed by atoms with E-state index in [4.69, 9.17) is 0 Å². The van der Waals surface area contributed by atoms with Crippen LogP contribution >= 0.6 is 0 Å². The molecule has 0 amide bonds. The number of hydrogen-bond acceptors (Lipinski definition) is 1. The van der Waals surface area contributed by atoms with Gasteiger partial charge >= 0.3 is 0 Å². The molecule has 18 heavy (non-hydrogen) atoms. The lowest BCUT2D eigenvalue weighted by molar-refractivity contribution is 0.107. The first kappa shape index (κ1) is 15.0. The summed E-state index contributed by atoms with van der Waals surface area (Å²) in [5.41, 5.74) is -0.235. The van der Waals surface area contributed by atoms with Gasteiger partial charge in [0.2, 0.25) is 0 Å². The predicted octanol–water partition coefficient (Wildman–Crippen LogP) is 4.21. The average molecular weight is 260 g/mol. The smallest absolute Gasteiger partial charge is 0.161 e. The van der Waals surface area contributed by atoms with Gasteiger partial charge < -0.3 is 5.11 Å². The second-order valence-corrected chi connectivity index (χ2v) is 5.81. The number of rotatable bonds is 3. The molecule has 0 fully saturated rings. The Hall–Kier alpha value is -1.03. The molecular weight excluding hydrogens is 241 g/mol. The van der Waals surface area contributed by atoms with Gasteiger partial charge in [0, 0.05) is 11.6 Å². The van der Waals surface area contributed by atoms with Crippen molar-refractivity contribution in [3.8, 4) is 0 Å². The second kappa shape index (κ2) is 5.31. The second-order valence-electron chi connectivity index (χ2n) is 5.81. The highest BCUT2D eigenvalue weighted by Crippen LogP contribution is 2.34. The first-order valence-electron chi connectivity index (χ1n) is 5.95. The van der Waals surface area contributed by atoms with E-state index in [1.54, 1.807) is 0 Å². The van der Waals surface area contributed by atoms with E-state index in [2.05, 4.69) is 0 Å². The Kier molecular flexibility index (Phi) is 4.43. The summed E-state index contributed by atoms with van der Waals surface area (Å²) in [7, 11) is 0. The van der Waals surface area contributed by atoms with Crippen molar-refractivity contribution < 1.29 is 18.3 Å². The Morgan fingerprint density at radius 1 is 1.06 bits per heavy atom. The Morgan fingerprint density at radius 3 is 2.06 bits per heavy atom. The molecule has 0 aliphatic carbocycles.